The number of amides is 2. The van der Waals surface area contributed by atoms with Gasteiger partial charge in [-0.2, -0.15) is 0 Å². The molecule has 0 aromatic heterocycles. The lowest BCUT2D eigenvalue weighted by molar-refractivity contribution is -0.136. The maximum Gasteiger partial charge on any atom is 0.255 e. The Morgan fingerprint density at radius 2 is 1.70 bits per heavy atom. The van der Waals surface area contributed by atoms with Crippen LogP contribution in [-0.2, 0) is 11.3 Å². The van der Waals surface area contributed by atoms with Gasteiger partial charge in [-0.05, 0) is 60.2 Å². The third kappa shape index (κ3) is 7.58. The minimum atomic E-state index is -0.457. The van der Waals surface area contributed by atoms with Crippen LogP contribution in [0.5, 0.6) is 0 Å². The molecule has 0 saturated carbocycles. The molecular formula is C27H38FN3O2. The molecule has 0 radical (unpaired) electrons. The number of carbonyl (C=O) groups is 2. The molecule has 1 atom stereocenters. The van der Waals surface area contributed by atoms with Crippen molar-refractivity contribution in [1.82, 2.24) is 4.90 Å². The molecule has 0 fully saturated rings. The van der Waals surface area contributed by atoms with E-state index >= 15 is 0 Å². The third-order valence-corrected chi connectivity index (χ3v) is 5.70. The van der Waals surface area contributed by atoms with Crippen LogP contribution in [0.3, 0.4) is 0 Å². The number of rotatable bonds is 8. The molecule has 180 valence electrons. The maximum absolute atomic E-state index is 13.5. The standard InChI is InChI=1S/C27H38FN3O2/c1-18(2)19(3)31(25(32)16-27(4,5)6)17-21-15-23(12-13-24(21)30(7)8)29-26(33)20-10-9-11-22(28)14-20/h9-15,18-19H,16-17H2,1-8H3,(H,29,33)/t19-/m1/s1. The third-order valence-electron chi connectivity index (χ3n) is 5.70. The molecule has 0 heterocycles. The first-order chi connectivity index (χ1) is 15.3. The van der Waals surface area contributed by atoms with Gasteiger partial charge in [-0.1, -0.05) is 40.7 Å². The maximum atomic E-state index is 13.5. The lowest BCUT2D eigenvalue weighted by Gasteiger charge is -2.35. The van der Waals surface area contributed by atoms with E-state index in [0.29, 0.717) is 24.6 Å². The zero-order chi connectivity index (χ0) is 24.9. The van der Waals surface area contributed by atoms with E-state index in [0.717, 1.165) is 11.3 Å². The van der Waals surface area contributed by atoms with Crippen molar-refractivity contribution in [3.63, 3.8) is 0 Å². The second kappa shape index (κ2) is 10.8. The van der Waals surface area contributed by atoms with Crippen LogP contribution in [-0.4, -0.2) is 36.9 Å². The number of nitrogens with one attached hydrogen (secondary N) is 1. The SMILES string of the molecule is CC(C)[C@@H](C)N(Cc1cc(NC(=O)c2cccc(F)c2)ccc1N(C)C)C(=O)CC(C)(C)C. The van der Waals surface area contributed by atoms with Crippen molar-refractivity contribution in [2.24, 2.45) is 11.3 Å². The first-order valence-electron chi connectivity index (χ1n) is 11.4. The molecule has 0 spiro atoms. The molecule has 2 aromatic rings. The van der Waals surface area contributed by atoms with E-state index in [1.54, 1.807) is 6.07 Å². The molecule has 0 aliphatic carbocycles. The topological polar surface area (TPSA) is 52.7 Å². The van der Waals surface area contributed by atoms with E-state index in [1.807, 2.05) is 42.1 Å². The van der Waals surface area contributed by atoms with Gasteiger partial charge >= 0.3 is 0 Å². The highest BCUT2D eigenvalue weighted by Gasteiger charge is 2.27. The number of anilines is 2. The number of hydrogen-bond donors (Lipinski definition) is 1. The van der Waals surface area contributed by atoms with Gasteiger partial charge < -0.3 is 15.1 Å². The molecule has 0 unspecified atom stereocenters. The van der Waals surface area contributed by atoms with Gasteiger partial charge in [-0.25, -0.2) is 4.39 Å². The Labute approximate surface area is 198 Å². The van der Waals surface area contributed by atoms with Crippen LogP contribution < -0.4 is 10.2 Å². The summed E-state index contributed by atoms with van der Waals surface area (Å²) in [6.07, 6.45) is 0.456. The van der Waals surface area contributed by atoms with Gasteiger partial charge in [0.05, 0.1) is 0 Å². The first-order valence-corrected chi connectivity index (χ1v) is 11.4. The highest BCUT2D eigenvalue weighted by molar-refractivity contribution is 6.04. The monoisotopic (exact) mass is 455 g/mol. The van der Waals surface area contributed by atoms with Crippen LogP contribution in [0.1, 0.15) is 63.9 Å². The van der Waals surface area contributed by atoms with E-state index in [2.05, 4.69) is 46.9 Å². The molecule has 1 N–H and O–H groups in total. The molecule has 0 aliphatic heterocycles. The Morgan fingerprint density at radius 3 is 2.24 bits per heavy atom. The lowest BCUT2D eigenvalue weighted by Crippen LogP contribution is -2.42. The van der Waals surface area contributed by atoms with Crippen molar-refractivity contribution in [3.8, 4) is 0 Å². The predicted molar refractivity (Wildman–Crippen MR) is 134 cm³/mol. The summed E-state index contributed by atoms with van der Waals surface area (Å²) in [5.74, 6) is -0.425. The van der Waals surface area contributed by atoms with Crippen LogP contribution in [0.15, 0.2) is 42.5 Å². The lowest BCUT2D eigenvalue weighted by atomic mass is 9.90. The van der Waals surface area contributed by atoms with Gasteiger partial charge in [0, 0.05) is 50.0 Å². The molecule has 2 amide bonds. The number of nitrogens with zero attached hydrogens (tertiary/aromatic N) is 2. The van der Waals surface area contributed by atoms with Crippen molar-refractivity contribution in [1.29, 1.82) is 0 Å². The van der Waals surface area contributed by atoms with Crippen LogP contribution in [0.2, 0.25) is 0 Å². The van der Waals surface area contributed by atoms with Crippen molar-refractivity contribution in [2.45, 2.75) is 60.5 Å². The number of carbonyl (C=O) groups excluding carboxylic acids is 2. The smallest absolute Gasteiger partial charge is 0.255 e. The van der Waals surface area contributed by atoms with Crippen LogP contribution >= 0.6 is 0 Å². The second-order valence-electron chi connectivity index (χ2n) is 10.4. The average molecular weight is 456 g/mol. The van der Waals surface area contributed by atoms with Crippen molar-refractivity contribution < 1.29 is 14.0 Å². The van der Waals surface area contributed by atoms with E-state index in [9.17, 15) is 14.0 Å². The molecule has 2 aromatic carbocycles. The Kier molecular flexibility index (Phi) is 8.64. The van der Waals surface area contributed by atoms with Gasteiger partial charge in [0.15, 0.2) is 0 Å². The Bertz CT molecular complexity index is 980. The quantitative estimate of drug-likeness (QED) is 0.535. The minimum absolute atomic E-state index is 0.0559. The van der Waals surface area contributed by atoms with Crippen LogP contribution in [0.4, 0.5) is 15.8 Å². The molecule has 33 heavy (non-hydrogen) atoms. The second-order valence-corrected chi connectivity index (χ2v) is 10.4. The number of benzene rings is 2. The van der Waals surface area contributed by atoms with Gasteiger partial charge in [0.1, 0.15) is 5.82 Å². The molecule has 6 heteroatoms. The van der Waals surface area contributed by atoms with Gasteiger partial charge in [-0.3, -0.25) is 9.59 Å². The molecule has 0 aliphatic rings. The zero-order valence-electron chi connectivity index (χ0n) is 21.2. The minimum Gasteiger partial charge on any atom is -0.377 e. The predicted octanol–water partition coefficient (Wildman–Crippen LogP) is 5.95. The highest BCUT2D eigenvalue weighted by Crippen LogP contribution is 2.29. The Hall–Kier alpha value is -2.89. The number of hydrogen-bond acceptors (Lipinski definition) is 3. The summed E-state index contributed by atoms with van der Waals surface area (Å²) in [6, 6.07) is 11.3. The molecule has 0 saturated heterocycles. The van der Waals surface area contributed by atoms with Gasteiger partial charge in [0.2, 0.25) is 5.91 Å². The molecular weight excluding hydrogens is 417 g/mol. The summed E-state index contributed by atoms with van der Waals surface area (Å²) < 4.78 is 13.5. The average Bonchev–Trinajstić information content (AvgIpc) is 2.70. The van der Waals surface area contributed by atoms with E-state index < -0.39 is 5.82 Å². The normalized spacial score (nSPS) is 12.4. The Morgan fingerprint density at radius 1 is 1.03 bits per heavy atom. The van der Waals surface area contributed by atoms with Crippen molar-refractivity contribution >= 4 is 23.2 Å². The summed E-state index contributed by atoms with van der Waals surface area (Å²) in [5, 5.41) is 2.86. The largest absolute Gasteiger partial charge is 0.377 e. The zero-order valence-corrected chi connectivity index (χ0v) is 21.2. The highest BCUT2D eigenvalue weighted by atomic mass is 19.1. The fraction of sp³-hybridized carbons (Fsp3) is 0.481. The summed E-state index contributed by atoms with van der Waals surface area (Å²) in [4.78, 5) is 29.8. The van der Waals surface area contributed by atoms with Crippen LogP contribution in [0.25, 0.3) is 0 Å². The fourth-order valence-electron chi connectivity index (χ4n) is 3.62. The van der Waals surface area contributed by atoms with E-state index in [-0.39, 0.29) is 28.8 Å². The molecule has 2 rings (SSSR count). The first kappa shape index (κ1) is 26.4. The summed E-state index contributed by atoms with van der Waals surface area (Å²) in [5.41, 5.74) is 2.65. The summed E-state index contributed by atoms with van der Waals surface area (Å²) in [7, 11) is 3.91. The van der Waals surface area contributed by atoms with Crippen LogP contribution in [0, 0.1) is 17.2 Å². The van der Waals surface area contributed by atoms with E-state index in [1.165, 1.54) is 18.2 Å². The molecule has 0 bridgehead atoms. The summed E-state index contributed by atoms with van der Waals surface area (Å²) in [6.45, 7) is 12.9. The summed E-state index contributed by atoms with van der Waals surface area (Å²) >= 11 is 0. The number of halogens is 1. The van der Waals surface area contributed by atoms with Gasteiger partial charge in [0.25, 0.3) is 5.91 Å². The fourth-order valence-corrected chi connectivity index (χ4v) is 3.62. The van der Waals surface area contributed by atoms with Gasteiger partial charge in [-0.15, -0.1) is 0 Å². The van der Waals surface area contributed by atoms with Crippen molar-refractivity contribution in [2.75, 3.05) is 24.3 Å². The molecule has 5 nitrogen and oxygen atoms in total. The Balaban J connectivity index is 2.38. The van der Waals surface area contributed by atoms with Crippen molar-refractivity contribution in [3.05, 3.63) is 59.4 Å². The van der Waals surface area contributed by atoms with E-state index in [4.69, 9.17) is 0 Å².